The van der Waals surface area contributed by atoms with E-state index in [-0.39, 0.29) is 11.9 Å². The van der Waals surface area contributed by atoms with Gasteiger partial charge in [0, 0.05) is 35.2 Å². The molecule has 3 atom stereocenters. The third-order valence-electron chi connectivity index (χ3n) is 4.84. The predicted octanol–water partition coefficient (Wildman–Crippen LogP) is 3.50. The summed E-state index contributed by atoms with van der Waals surface area (Å²) in [6.45, 7) is 1.77. The highest BCUT2D eigenvalue weighted by molar-refractivity contribution is 6.34. The fraction of sp³-hybridized carbons (Fsp3) is 0.588. The number of carbonyl (C=O) groups is 1. The molecule has 2 aliphatic rings. The van der Waals surface area contributed by atoms with E-state index < -0.39 is 6.10 Å². The highest BCUT2D eigenvalue weighted by Crippen LogP contribution is 2.30. The van der Waals surface area contributed by atoms with Crippen molar-refractivity contribution in [3.8, 4) is 5.75 Å². The first kappa shape index (κ1) is 16.9. The largest absolute Gasteiger partial charge is 0.481 e. The maximum Gasteiger partial charge on any atom is 0.263 e. The van der Waals surface area contributed by atoms with Crippen LogP contribution in [-0.2, 0) is 4.79 Å². The molecule has 2 heterocycles. The summed E-state index contributed by atoms with van der Waals surface area (Å²) < 4.78 is 5.74. The van der Waals surface area contributed by atoms with Gasteiger partial charge in [-0.05, 0) is 50.8 Å². The van der Waals surface area contributed by atoms with Gasteiger partial charge >= 0.3 is 0 Å². The molecule has 3 rings (SSSR count). The molecule has 1 N–H and O–H groups in total. The van der Waals surface area contributed by atoms with Crippen LogP contribution in [0.25, 0.3) is 0 Å². The third-order valence-corrected chi connectivity index (χ3v) is 5.28. The van der Waals surface area contributed by atoms with Gasteiger partial charge in [-0.2, -0.15) is 0 Å². The standard InChI is InChI=1S/C17H22Cl2N2O2/c1-10(23-16-6-11(18)5-12(19)7-16)17(22)21(2)15-8-13-3-4-14(9-15)20-13/h5-7,10,13-15,20H,3-4,8-9H2,1-2H3. The average Bonchev–Trinajstić information content (AvgIpc) is 2.83. The van der Waals surface area contributed by atoms with Gasteiger partial charge in [-0.1, -0.05) is 23.2 Å². The number of hydrogen-bond acceptors (Lipinski definition) is 3. The quantitative estimate of drug-likeness (QED) is 0.897. The van der Waals surface area contributed by atoms with Crippen LogP contribution in [0.5, 0.6) is 5.75 Å². The maximum absolute atomic E-state index is 12.7. The van der Waals surface area contributed by atoms with Gasteiger partial charge in [-0.25, -0.2) is 0 Å². The lowest BCUT2D eigenvalue weighted by Crippen LogP contribution is -2.51. The number of carbonyl (C=O) groups excluding carboxylic acids is 1. The minimum Gasteiger partial charge on any atom is -0.481 e. The second-order valence-corrected chi connectivity index (χ2v) is 7.45. The highest BCUT2D eigenvalue weighted by atomic mass is 35.5. The van der Waals surface area contributed by atoms with Gasteiger partial charge < -0.3 is 15.0 Å². The fourth-order valence-corrected chi connectivity index (χ4v) is 4.17. The van der Waals surface area contributed by atoms with Crippen LogP contribution in [0.4, 0.5) is 0 Å². The summed E-state index contributed by atoms with van der Waals surface area (Å²) >= 11 is 11.9. The van der Waals surface area contributed by atoms with E-state index in [1.165, 1.54) is 12.8 Å². The summed E-state index contributed by atoms with van der Waals surface area (Å²) in [7, 11) is 1.88. The van der Waals surface area contributed by atoms with Crippen molar-refractivity contribution in [3.63, 3.8) is 0 Å². The second kappa shape index (κ2) is 6.88. The molecule has 2 bridgehead atoms. The number of nitrogens with one attached hydrogen (secondary N) is 1. The number of rotatable bonds is 4. The minimum atomic E-state index is -0.568. The molecule has 1 aromatic rings. The molecule has 23 heavy (non-hydrogen) atoms. The number of benzene rings is 1. The van der Waals surface area contributed by atoms with Gasteiger partial charge in [0.2, 0.25) is 0 Å². The number of piperidine rings is 1. The van der Waals surface area contributed by atoms with Gasteiger partial charge in [-0.3, -0.25) is 4.79 Å². The topological polar surface area (TPSA) is 41.6 Å². The van der Waals surface area contributed by atoms with Gasteiger partial charge in [-0.15, -0.1) is 0 Å². The summed E-state index contributed by atoms with van der Waals surface area (Å²) in [5.41, 5.74) is 0. The minimum absolute atomic E-state index is 0.00704. The Labute approximate surface area is 147 Å². The molecule has 6 heteroatoms. The number of halogens is 2. The van der Waals surface area contributed by atoms with Crippen molar-refractivity contribution >= 4 is 29.1 Å². The van der Waals surface area contributed by atoms with Crippen molar-refractivity contribution in [2.45, 2.75) is 56.8 Å². The Morgan fingerprint density at radius 3 is 2.35 bits per heavy atom. The molecule has 2 aliphatic heterocycles. The van der Waals surface area contributed by atoms with Crippen LogP contribution in [0.1, 0.15) is 32.6 Å². The Balaban J connectivity index is 1.62. The normalized spacial score (nSPS) is 27.6. The monoisotopic (exact) mass is 356 g/mol. The lowest BCUT2D eigenvalue weighted by molar-refractivity contribution is -0.139. The van der Waals surface area contributed by atoms with Crippen LogP contribution in [0.2, 0.25) is 10.0 Å². The van der Waals surface area contributed by atoms with Gasteiger partial charge in [0.1, 0.15) is 5.75 Å². The molecular weight excluding hydrogens is 335 g/mol. The average molecular weight is 357 g/mol. The van der Waals surface area contributed by atoms with E-state index in [4.69, 9.17) is 27.9 Å². The predicted molar refractivity (Wildman–Crippen MR) is 92.3 cm³/mol. The summed E-state index contributed by atoms with van der Waals surface area (Å²) in [6, 6.07) is 6.37. The van der Waals surface area contributed by atoms with E-state index in [0.29, 0.717) is 27.9 Å². The lowest BCUT2D eigenvalue weighted by atomic mass is 9.98. The van der Waals surface area contributed by atoms with Crippen molar-refractivity contribution in [1.82, 2.24) is 10.2 Å². The fourth-order valence-electron chi connectivity index (χ4n) is 3.66. The molecule has 2 saturated heterocycles. The van der Waals surface area contributed by atoms with E-state index in [2.05, 4.69) is 5.32 Å². The van der Waals surface area contributed by atoms with Crippen LogP contribution in [0.15, 0.2) is 18.2 Å². The lowest BCUT2D eigenvalue weighted by Gasteiger charge is -2.36. The van der Waals surface area contributed by atoms with Crippen molar-refractivity contribution in [2.75, 3.05) is 7.05 Å². The van der Waals surface area contributed by atoms with Crippen molar-refractivity contribution in [1.29, 1.82) is 0 Å². The zero-order chi connectivity index (χ0) is 16.6. The van der Waals surface area contributed by atoms with E-state index in [1.807, 2.05) is 11.9 Å². The Morgan fingerprint density at radius 1 is 1.22 bits per heavy atom. The Bertz CT molecular complexity index is 564. The second-order valence-electron chi connectivity index (χ2n) is 6.58. The molecule has 0 aliphatic carbocycles. The molecule has 1 amide bonds. The van der Waals surface area contributed by atoms with E-state index in [1.54, 1.807) is 25.1 Å². The number of amides is 1. The molecule has 0 aromatic heterocycles. The van der Waals surface area contributed by atoms with Gasteiger partial charge in [0.15, 0.2) is 6.10 Å². The molecule has 0 spiro atoms. The van der Waals surface area contributed by atoms with Crippen molar-refractivity contribution in [2.24, 2.45) is 0 Å². The number of hydrogen-bond donors (Lipinski definition) is 1. The first-order chi connectivity index (χ1) is 10.9. The third kappa shape index (κ3) is 3.93. The molecule has 0 radical (unpaired) electrons. The maximum atomic E-state index is 12.7. The van der Waals surface area contributed by atoms with Crippen LogP contribution >= 0.6 is 23.2 Å². The first-order valence-corrected chi connectivity index (χ1v) is 8.83. The summed E-state index contributed by atoms with van der Waals surface area (Å²) in [5, 5.41) is 4.59. The molecular formula is C17H22Cl2N2O2. The molecule has 126 valence electrons. The van der Waals surface area contributed by atoms with E-state index in [9.17, 15) is 4.79 Å². The molecule has 1 aromatic carbocycles. The first-order valence-electron chi connectivity index (χ1n) is 8.08. The van der Waals surface area contributed by atoms with E-state index in [0.717, 1.165) is 12.8 Å². The number of fused-ring (bicyclic) bond motifs is 2. The highest BCUT2D eigenvalue weighted by Gasteiger charge is 2.37. The Hall–Kier alpha value is -0.970. The van der Waals surface area contributed by atoms with Crippen LogP contribution in [0, 0.1) is 0 Å². The number of nitrogens with zero attached hydrogens (tertiary/aromatic N) is 1. The zero-order valence-corrected chi connectivity index (χ0v) is 14.9. The molecule has 2 fully saturated rings. The molecule has 0 saturated carbocycles. The van der Waals surface area contributed by atoms with Gasteiger partial charge in [0.05, 0.1) is 0 Å². The van der Waals surface area contributed by atoms with Crippen molar-refractivity contribution in [3.05, 3.63) is 28.2 Å². The summed E-state index contributed by atoms with van der Waals surface area (Å²) in [5.74, 6) is 0.509. The zero-order valence-electron chi connectivity index (χ0n) is 13.4. The smallest absolute Gasteiger partial charge is 0.263 e. The SMILES string of the molecule is CC(Oc1cc(Cl)cc(Cl)c1)C(=O)N(C)C1CC2CCC(C1)N2. The summed E-state index contributed by atoms with van der Waals surface area (Å²) in [4.78, 5) is 14.5. The van der Waals surface area contributed by atoms with Crippen LogP contribution < -0.4 is 10.1 Å². The Morgan fingerprint density at radius 2 is 1.78 bits per heavy atom. The Kier molecular flexibility index (Phi) is 5.04. The number of ether oxygens (including phenoxy) is 1. The van der Waals surface area contributed by atoms with E-state index >= 15 is 0 Å². The van der Waals surface area contributed by atoms with Crippen LogP contribution in [-0.4, -0.2) is 42.1 Å². The van der Waals surface area contributed by atoms with Gasteiger partial charge in [0.25, 0.3) is 5.91 Å². The summed E-state index contributed by atoms with van der Waals surface area (Å²) in [6.07, 6.45) is 3.91. The van der Waals surface area contributed by atoms with Crippen molar-refractivity contribution < 1.29 is 9.53 Å². The van der Waals surface area contributed by atoms with Crippen LogP contribution in [0.3, 0.4) is 0 Å². The molecule has 3 unspecified atom stereocenters. The molecule has 4 nitrogen and oxygen atoms in total. The number of likely N-dealkylation sites (N-methyl/N-ethyl adjacent to an activating group) is 1.